The Balaban J connectivity index is 0.000000629. The number of nitrogens with zero attached hydrogens (tertiary/aromatic N) is 3. The first-order valence-electron chi connectivity index (χ1n) is 12.8. The first-order valence-corrected chi connectivity index (χ1v) is 14.7. The Kier molecular flexibility index (Phi) is 12.5. The summed E-state index contributed by atoms with van der Waals surface area (Å²) in [6.07, 6.45) is 0.860. The van der Waals surface area contributed by atoms with Crippen molar-refractivity contribution in [1.29, 1.82) is 0 Å². The largest absolute Gasteiger partial charge is 0.481 e. The number of aromatic nitrogens is 2. The third-order valence-electron chi connectivity index (χ3n) is 5.89. The van der Waals surface area contributed by atoms with Crippen molar-refractivity contribution in [2.75, 3.05) is 17.6 Å². The predicted octanol–water partition coefficient (Wildman–Crippen LogP) is 3.55. The van der Waals surface area contributed by atoms with E-state index in [4.69, 9.17) is 10.8 Å². The van der Waals surface area contributed by atoms with Gasteiger partial charge in [0.1, 0.15) is 5.82 Å². The van der Waals surface area contributed by atoms with Crippen LogP contribution in [0.15, 0.2) is 60.7 Å². The van der Waals surface area contributed by atoms with Crippen molar-refractivity contribution in [2.45, 2.75) is 51.4 Å². The second-order valence-electron chi connectivity index (χ2n) is 9.67. The van der Waals surface area contributed by atoms with Crippen LogP contribution in [0.4, 0.5) is 10.3 Å². The van der Waals surface area contributed by atoms with Gasteiger partial charge in [-0.05, 0) is 35.7 Å². The zero-order valence-electron chi connectivity index (χ0n) is 23.5. The van der Waals surface area contributed by atoms with Crippen molar-refractivity contribution < 1.29 is 32.9 Å². The molecule has 1 heterocycles. The summed E-state index contributed by atoms with van der Waals surface area (Å²) in [6, 6.07) is 15.5. The Bertz CT molecular complexity index is 1420. The molecular weight excluding hydrogens is 551 g/mol. The molecule has 0 saturated carbocycles. The van der Waals surface area contributed by atoms with E-state index >= 15 is 0 Å². The van der Waals surface area contributed by atoms with Crippen LogP contribution in [-0.4, -0.2) is 65.2 Å². The highest BCUT2D eigenvalue weighted by Crippen LogP contribution is 2.31. The average Bonchev–Trinajstić information content (AvgIpc) is 2.91. The summed E-state index contributed by atoms with van der Waals surface area (Å²) in [7, 11) is -2.33. The van der Waals surface area contributed by atoms with Gasteiger partial charge in [0.05, 0.1) is 36.3 Å². The molecule has 0 bridgehead atoms. The molecule has 0 aliphatic carbocycles. The van der Waals surface area contributed by atoms with Crippen molar-refractivity contribution >= 4 is 28.0 Å². The van der Waals surface area contributed by atoms with Gasteiger partial charge in [-0.2, -0.15) is 0 Å². The van der Waals surface area contributed by atoms with Gasteiger partial charge in [0, 0.05) is 31.1 Å². The quantitative estimate of drug-likeness (QED) is 0.262. The molecule has 0 radical (unpaired) electrons. The molecule has 0 amide bonds. The number of sulfonamides is 1. The number of carboxylic acid groups (broad SMARTS) is 1. The van der Waals surface area contributed by atoms with E-state index in [-0.39, 0.29) is 18.3 Å². The van der Waals surface area contributed by atoms with Crippen molar-refractivity contribution in [3.8, 4) is 11.3 Å². The number of hydrogen-bond donors (Lipinski definition) is 4. The zero-order chi connectivity index (χ0) is 30.7. The van der Waals surface area contributed by atoms with Crippen LogP contribution < -0.4 is 10.0 Å². The van der Waals surface area contributed by atoms with E-state index in [0.29, 0.717) is 29.1 Å². The summed E-state index contributed by atoms with van der Waals surface area (Å²) in [5.41, 5.74) is 8.34. The lowest BCUT2D eigenvalue weighted by atomic mass is 9.97. The fourth-order valence-corrected chi connectivity index (χ4v) is 4.04. The summed E-state index contributed by atoms with van der Waals surface area (Å²) in [4.78, 5) is 19.6. The number of rotatable bonds is 11. The van der Waals surface area contributed by atoms with Crippen molar-refractivity contribution in [1.82, 2.24) is 9.97 Å². The molecule has 0 spiro atoms. The van der Waals surface area contributed by atoms with E-state index in [1.807, 2.05) is 44.2 Å². The second kappa shape index (κ2) is 15.3. The van der Waals surface area contributed by atoms with Crippen molar-refractivity contribution in [3.63, 3.8) is 0 Å². The van der Waals surface area contributed by atoms with Gasteiger partial charge in [-0.25, -0.2) is 27.1 Å². The SMILES string of the molecule is CC(C)c1nc(N(C)S(C)(=O)=O)nc(-c2ccc(F)cc2)c1/C=C/[C@@H](O)C[C@@H](O)CC(=O)O.NCc1ccccc1. The molecule has 3 rings (SSSR count). The highest BCUT2D eigenvalue weighted by atomic mass is 32.2. The molecule has 0 aliphatic heterocycles. The molecular formula is C29H37FN4O6S. The van der Waals surface area contributed by atoms with Crippen LogP contribution in [0, 0.1) is 5.82 Å². The van der Waals surface area contributed by atoms with Crippen LogP contribution in [0.25, 0.3) is 17.3 Å². The molecule has 10 nitrogen and oxygen atoms in total. The fourth-order valence-electron chi connectivity index (χ4n) is 3.66. The highest BCUT2D eigenvalue weighted by molar-refractivity contribution is 7.92. The van der Waals surface area contributed by atoms with Gasteiger partial charge in [-0.15, -0.1) is 0 Å². The van der Waals surface area contributed by atoms with Gasteiger partial charge in [0.15, 0.2) is 0 Å². The number of carboxylic acids is 1. The topological polar surface area (TPSA) is 167 Å². The molecule has 0 aliphatic rings. The van der Waals surface area contributed by atoms with Gasteiger partial charge in [-0.3, -0.25) is 4.79 Å². The van der Waals surface area contributed by atoms with Crippen molar-refractivity contribution in [3.05, 3.63) is 83.3 Å². The molecule has 0 unspecified atom stereocenters. The molecule has 222 valence electrons. The number of aliphatic carboxylic acids is 1. The zero-order valence-corrected chi connectivity index (χ0v) is 24.3. The molecule has 0 fully saturated rings. The number of carbonyl (C=O) groups is 1. The monoisotopic (exact) mass is 588 g/mol. The summed E-state index contributed by atoms with van der Waals surface area (Å²) < 4.78 is 38.6. The van der Waals surface area contributed by atoms with Crippen LogP contribution >= 0.6 is 0 Å². The van der Waals surface area contributed by atoms with Gasteiger partial charge >= 0.3 is 5.97 Å². The van der Waals surface area contributed by atoms with E-state index in [0.717, 1.165) is 10.6 Å². The smallest absolute Gasteiger partial charge is 0.305 e. The minimum absolute atomic E-state index is 0.0601. The third kappa shape index (κ3) is 10.7. The minimum Gasteiger partial charge on any atom is -0.481 e. The molecule has 0 saturated heterocycles. The summed E-state index contributed by atoms with van der Waals surface area (Å²) in [5.74, 6) is -1.87. The summed E-state index contributed by atoms with van der Waals surface area (Å²) in [6.45, 7) is 4.34. The Labute approximate surface area is 240 Å². The maximum Gasteiger partial charge on any atom is 0.305 e. The van der Waals surface area contributed by atoms with Gasteiger partial charge < -0.3 is 21.1 Å². The Morgan fingerprint density at radius 1 is 1.07 bits per heavy atom. The molecule has 2 aromatic carbocycles. The van der Waals surface area contributed by atoms with Gasteiger partial charge in [0.25, 0.3) is 0 Å². The van der Waals surface area contributed by atoms with E-state index < -0.39 is 40.4 Å². The predicted molar refractivity (Wildman–Crippen MR) is 157 cm³/mol. The molecule has 12 heteroatoms. The van der Waals surface area contributed by atoms with Crippen molar-refractivity contribution in [2.24, 2.45) is 5.73 Å². The lowest BCUT2D eigenvalue weighted by Gasteiger charge is -2.20. The maximum atomic E-state index is 13.5. The first-order chi connectivity index (χ1) is 19.2. The number of hydrogen-bond acceptors (Lipinski definition) is 8. The second-order valence-corrected chi connectivity index (χ2v) is 11.7. The summed E-state index contributed by atoms with van der Waals surface area (Å²) in [5, 5.41) is 28.8. The highest BCUT2D eigenvalue weighted by Gasteiger charge is 2.22. The van der Waals surface area contributed by atoms with E-state index in [1.165, 1.54) is 49.0 Å². The fraction of sp³-hybridized carbons (Fsp3) is 0.345. The molecule has 41 heavy (non-hydrogen) atoms. The molecule has 5 N–H and O–H groups in total. The Morgan fingerprint density at radius 3 is 2.17 bits per heavy atom. The van der Waals surface area contributed by atoms with E-state index in [1.54, 1.807) is 0 Å². The Morgan fingerprint density at radius 2 is 1.68 bits per heavy atom. The van der Waals surface area contributed by atoms with Crippen LogP contribution in [0.2, 0.25) is 0 Å². The van der Waals surface area contributed by atoms with E-state index in [9.17, 15) is 27.8 Å². The lowest BCUT2D eigenvalue weighted by molar-refractivity contribution is -0.139. The number of halogens is 1. The molecule has 2 atom stereocenters. The van der Waals surface area contributed by atoms with Crippen LogP contribution in [0.5, 0.6) is 0 Å². The number of aliphatic hydroxyl groups is 2. The van der Waals surface area contributed by atoms with Gasteiger partial charge in [0.2, 0.25) is 16.0 Å². The van der Waals surface area contributed by atoms with Crippen LogP contribution in [0.1, 0.15) is 49.4 Å². The Hall–Kier alpha value is -3.71. The van der Waals surface area contributed by atoms with Crippen LogP contribution in [-0.2, 0) is 21.4 Å². The first kappa shape index (κ1) is 33.5. The maximum absolute atomic E-state index is 13.5. The lowest BCUT2D eigenvalue weighted by Crippen LogP contribution is -2.27. The third-order valence-corrected chi connectivity index (χ3v) is 7.05. The standard InChI is InChI=1S/C22H28FN3O6S.C7H9N/c1-13(2)20-18(10-9-16(27)11-17(28)12-19(29)30)21(14-5-7-15(23)8-6-14)25-22(24-20)26(3)33(4,31)32;8-6-7-4-2-1-3-5-7/h5-10,13,16-17,27-28H,11-12H2,1-4H3,(H,29,30);1-5H,6,8H2/b10-9+;/t16-,17-;/m1./s1. The number of anilines is 1. The molecule has 1 aromatic heterocycles. The molecule has 3 aromatic rings. The number of benzene rings is 2. The minimum atomic E-state index is -3.65. The summed E-state index contributed by atoms with van der Waals surface area (Å²) >= 11 is 0. The average molecular weight is 589 g/mol. The van der Waals surface area contributed by atoms with E-state index in [2.05, 4.69) is 9.97 Å². The van der Waals surface area contributed by atoms with Crippen LogP contribution in [0.3, 0.4) is 0 Å². The van der Waals surface area contributed by atoms with Gasteiger partial charge in [-0.1, -0.05) is 56.3 Å². The normalized spacial score (nSPS) is 13.0. The number of nitrogens with two attached hydrogens (primary N) is 1. The number of aliphatic hydroxyl groups excluding tert-OH is 2.